The number of piperidine rings is 1. The molecular formula is C16H27N3O2. The fraction of sp³-hybridized carbons (Fsp3) is 0.875. The lowest BCUT2D eigenvalue weighted by Crippen LogP contribution is -2.67. The molecule has 0 aromatic rings. The van der Waals surface area contributed by atoms with E-state index in [1.807, 2.05) is 4.90 Å². The lowest BCUT2D eigenvalue weighted by molar-refractivity contribution is -0.140. The van der Waals surface area contributed by atoms with Crippen LogP contribution in [0.4, 0.5) is 0 Å². The minimum atomic E-state index is -0.157. The molecule has 5 nitrogen and oxygen atoms in total. The van der Waals surface area contributed by atoms with Crippen molar-refractivity contribution in [1.29, 1.82) is 0 Å². The molecule has 2 aliphatic heterocycles. The van der Waals surface area contributed by atoms with E-state index in [9.17, 15) is 9.59 Å². The number of fused-ring (bicyclic) bond motifs is 1. The SMILES string of the molecule is CCN1CCC1C(=O)NC12CCCC1N(C(C)=O)CCC2. The third kappa shape index (κ3) is 2.45. The second kappa shape index (κ2) is 5.59. The first-order valence-electron chi connectivity index (χ1n) is 8.40. The number of rotatable bonds is 3. The van der Waals surface area contributed by atoms with Gasteiger partial charge in [0.25, 0.3) is 0 Å². The summed E-state index contributed by atoms with van der Waals surface area (Å²) in [4.78, 5) is 28.7. The standard InChI is InChI=1S/C16H27N3O2/c1-3-18-11-7-13(18)15(21)17-16-8-4-6-14(16)19(12(2)20)10-5-9-16/h13-14H,3-11H2,1-2H3,(H,17,21). The Bertz CT molecular complexity index is 437. The fourth-order valence-corrected chi connectivity index (χ4v) is 4.55. The quantitative estimate of drug-likeness (QED) is 0.849. The first-order valence-corrected chi connectivity index (χ1v) is 8.40. The van der Waals surface area contributed by atoms with Crippen molar-refractivity contribution in [3.63, 3.8) is 0 Å². The number of likely N-dealkylation sites (N-methyl/N-ethyl adjacent to an activating group) is 1. The van der Waals surface area contributed by atoms with Crippen LogP contribution in [0.5, 0.6) is 0 Å². The number of likely N-dealkylation sites (tertiary alicyclic amines) is 2. The highest BCUT2D eigenvalue weighted by molar-refractivity contribution is 5.84. The molecule has 0 aromatic carbocycles. The molecular weight excluding hydrogens is 266 g/mol. The van der Waals surface area contributed by atoms with Crippen LogP contribution in [0, 0.1) is 0 Å². The highest BCUT2D eigenvalue weighted by atomic mass is 16.2. The summed E-state index contributed by atoms with van der Waals surface area (Å²) in [5, 5.41) is 3.37. The average Bonchev–Trinajstić information content (AvgIpc) is 2.80. The first kappa shape index (κ1) is 14.8. The zero-order chi connectivity index (χ0) is 15.0. The number of amides is 2. The second-order valence-corrected chi connectivity index (χ2v) is 6.80. The Morgan fingerprint density at radius 3 is 2.57 bits per heavy atom. The molecule has 3 aliphatic rings. The molecule has 1 N–H and O–H groups in total. The number of carbonyl (C=O) groups excluding carboxylic acids is 2. The molecule has 21 heavy (non-hydrogen) atoms. The molecule has 3 fully saturated rings. The van der Waals surface area contributed by atoms with E-state index in [-0.39, 0.29) is 29.4 Å². The zero-order valence-corrected chi connectivity index (χ0v) is 13.2. The maximum absolute atomic E-state index is 12.6. The molecule has 1 saturated carbocycles. The number of hydrogen-bond donors (Lipinski definition) is 1. The van der Waals surface area contributed by atoms with Crippen LogP contribution in [0.2, 0.25) is 0 Å². The first-order chi connectivity index (χ1) is 10.1. The molecule has 0 bridgehead atoms. The van der Waals surface area contributed by atoms with Gasteiger partial charge in [-0.2, -0.15) is 0 Å². The lowest BCUT2D eigenvalue weighted by atomic mass is 9.82. The molecule has 2 heterocycles. The minimum absolute atomic E-state index is 0.0540. The van der Waals surface area contributed by atoms with Gasteiger partial charge in [-0.3, -0.25) is 14.5 Å². The van der Waals surface area contributed by atoms with Crippen molar-refractivity contribution in [1.82, 2.24) is 15.1 Å². The Labute approximate surface area is 127 Å². The van der Waals surface area contributed by atoms with Gasteiger partial charge in [-0.1, -0.05) is 6.92 Å². The molecule has 3 atom stereocenters. The Morgan fingerprint density at radius 2 is 1.95 bits per heavy atom. The summed E-state index contributed by atoms with van der Waals surface area (Å²) in [6.07, 6.45) is 6.15. The Hall–Kier alpha value is -1.10. The van der Waals surface area contributed by atoms with Crippen LogP contribution in [0.15, 0.2) is 0 Å². The zero-order valence-electron chi connectivity index (χ0n) is 13.2. The van der Waals surface area contributed by atoms with Gasteiger partial charge in [0.05, 0.1) is 17.6 Å². The Balaban J connectivity index is 1.73. The van der Waals surface area contributed by atoms with Gasteiger partial charge in [0.15, 0.2) is 0 Å². The predicted octanol–water partition coefficient (Wildman–Crippen LogP) is 1.13. The third-order valence-electron chi connectivity index (χ3n) is 5.75. The smallest absolute Gasteiger partial charge is 0.237 e. The second-order valence-electron chi connectivity index (χ2n) is 6.80. The van der Waals surface area contributed by atoms with Crippen molar-refractivity contribution < 1.29 is 9.59 Å². The summed E-state index contributed by atoms with van der Waals surface area (Å²) in [5.41, 5.74) is -0.157. The summed E-state index contributed by atoms with van der Waals surface area (Å²) in [5.74, 6) is 0.333. The van der Waals surface area contributed by atoms with Crippen LogP contribution in [0.3, 0.4) is 0 Å². The van der Waals surface area contributed by atoms with Crippen LogP contribution in [-0.4, -0.2) is 58.9 Å². The normalized spacial score (nSPS) is 36.0. The van der Waals surface area contributed by atoms with Crippen molar-refractivity contribution in [2.45, 2.75) is 70.0 Å². The Kier molecular flexibility index (Phi) is 3.95. The van der Waals surface area contributed by atoms with Crippen molar-refractivity contribution in [2.24, 2.45) is 0 Å². The summed E-state index contributed by atoms with van der Waals surface area (Å²) >= 11 is 0. The van der Waals surface area contributed by atoms with Gasteiger partial charge in [0.1, 0.15) is 0 Å². The highest BCUT2D eigenvalue weighted by Crippen LogP contribution is 2.41. The highest BCUT2D eigenvalue weighted by Gasteiger charge is 2.50. The molecule has 5 heteroatoms. The fourth-order valence-electron chi connectivity index (χ4n) is 4.55. The summed E-state index contributed by atoms with van der Waals surface area (Å²) in [6, 6.07) is 0.265. The molecule has 2 amide bonds. The summed E-state index contributed by atoms with van der Waals surface area (Å²) in [6.45, 7) is 6.58. The van der Waals surface area contributed by atoms with Crippen molar-refractivity contribution in [2.75, 3.05) is 19.6 Å². The maximum Gasteiger partial charge on any atom is 0.237 e. The Morgan fingerprint density at radius 1 is 1.19 bits per heavy atom. The van der Waals surface area contributed by atoms with Crippen LogP contribution in [0.25, 0.3) is 0 Å². The minimum Gasteiger partial charge on any atom is -0.347 e. The topological polar surface area (TPSA) is 52.7 Å². The van der Waals surface area contributed by atoms with Crippen LogP contribution >= 0.6 is 0 Å². The van der Waals surface area contributed by atoms with Crippen LogP contribution < -0.4 is 5.32 Å². The van der Waals surface area contributed by atoms with E-state index in [1.165, 1.54) is 0 Å². The predicted molar refractivity (Wildman–Crippen MR) is 80.8 cm³/mol. The average molecular weight is 293 g/mol. The van der Waals surface area contributed by atoms with Crippen molar-refractivity contribution in [3.8, 4) is 0 Å². The summed E-state index contributed by atoms with van der Waals surface area (Å²) < 4.78 is 0. The molecule has 1 aliphatic carbocycles. The van der Waals surface area contributed by atoms with Gasteiger partial charge in [-0.15, -0.1) is 0 Å². The van der Waals surface area contributed by atoms with Gasteiger partial charge in [-0.05, 0) is 45.1 Å². The van der Waals surface area contributed by atoms with Gasteiger partial charge in [-0.25, -0.2) is 0 Å². The van der Waals surface area contributed by atoms with E-state index >= 15 is 0 Å². The van der Waals surface area contributed by atoms with E-state index in [1.54, 1.807) is 6.92 Å². The van der Waals surface area contributed by atoms with E-state index < -0.39 is 0 Å². The number of carbonyl (C=O) groups is 2. The van der Waals surface area contributed by atoms with E-state index in [4.69, 9.17) is 0 Å². The summed E-state index contributed by atoms with van der Waals surface area (Å²) in [7, 11) is 0. The lowest BCUT2D eigenvalue weighted by Gasteiger charge is -2.48. The molecule has 118 valence electrons. The number of nitrogens with zero attached hydrogens (tertiary/aromatic N) is 2. The number of nitrogens with one attached hydrogen (secondary N) is 1. The molecule has 3 unspecified atom stereocenters. The molecule has 0 radical (unpaired) electrons. The monoisotopic (exact) mass is 293 g/mol. The third-order valence-corrected chi connectivity index (χ3v) is 5.75. The molecule has 0 aromatic heterocycles. The van der Waals surface area contributed by atoms with E-state index in [0.717, 1.165) is 58.2 Å². The van der Waals surface area contributed by atoms with Gasteiger partial charge in [0, 0.05) is 20.0 Å². The van der Waals surface area contributed by atoms with E-state index in [0.29, 0.717) is 0 Å². The maximum atomic E-state index is 12.6. The number of hydrogen-bond acceptors (Lipinski definition) is 3. The van der Waals surface area contributed by atoms with E-state index in [2.05, 4.69) is 17.1 Å². The molecule has 2 saturated heterocycles. The van der Waals surface area contributed by atoms with Crippen molar-refractivity contribution >= 4 is 11.8 Å². The van der Waals surface area contributed by atoms with Gasteiger partial charge >= 0.3 is 0 Å². The molecule has 0 spiro atoms. The van der Waals surface area contributed by atoms with Crippen LogP contribution in [-0.2, 0) is 9.59 Å². The van der Waals surface area contributed by atoms with Gasteiger partial charge < -0.3 is 10.2 Å². The molecule has 3 rings (SSSR count). The van der Waals surface area contributed by atoms with Gasteiger partial charge in [0.2, 0.25) is 11.8 Å². The van der Waals surface area contributed by atoms with Crippen molar-refractivity contribution in [3.05, 3.63) is 0 Å². The largest absolute Gasteiger partial charge is 0.347 e. The van der Waals surface area contributed by atoms with Crippen LogP contribution in [0.1, 0.15) is 52.4 Å².